The van der Waals surface area contributed by atoms with Crippen LogP contribution in [0.15, 0.2) is 59.7 Å². The summed E-state index contributed by atoms with van der Waals surface area (Å²) in [6.45, 7) is 8.02. The Morgan fingerprint density at radius 2 is 1.48 bits per heavy atom. The summed E-state index contributed by atoms with van der Waals surface area (Å²) in [5, 5.41) is 12.1. The zero-order valence-electron chi connectivity index (χ0n) is 13.5. The number of nitrogens with zero attached hydrogens (tertiary/aromatic N) is 2. The van der Waals surface area contributed by atoms with E-state index in [1.54, 1.807) is 24.3 Å². The molecule has 0 unspecified atom stereocenters. The maximum atomic E-state index is 12.7. The summed E-state index contributed by atoms with van der Waals surface area (Å²) in [6.07, 6.45) is 3.71. The molecule has 1 heterocycles. The third kappa shape index (κ3) is 3.90. The lowest BCUT2D eigenvalue weighted by Gasteiger charge is -2.18. The van der Waals surface area contributed by atoms with Gasteiger partial charge in [-0.25, -0.2) is 4.85 Å². The molecule has 1 aliphatic heterocycles. The molecule has 0 spiro atoms. The largest absolute Gasteiger partial charge is 0.308 e. The van der Waals surface area contributed by atoms with Crippen LogP contribution in [0.1, 0.15) is 16.7 Å². The highest BCUT2D eigenvalue weighted by Crippen LogP contribution is 2.19. The third-order valence-electron chi connectivity index (χ3n) is 3.96. The van der Waals surface area contributed by atoms with Gasteiger partial charge in [0.15, 0.2) is 11.5 Å². The number of carbonyl (C=O) groups is 1. The molecule has 1 aliphatic rings. The Morgan fingerprint density at radius 3 is 1.96 bits per heavy atom. The van der Waals surface area contributed by atoms with E-state index < -0.39 is 0 Å². The number of hydrogen-bond donors (Lipinski definition) is 1. The molecule has 0 amide bonds. The second-order valence-corrected chi connectivity index (χ2v) is 5.71. The van der Waals surface area contributed by atoms with Crippen molar-refractivity contribution >= 4 is 23.6 Å². The Morgan fingerprint density at radius 1 is 0.960 bits per heavy atom. The highest BCUT2D eigenvalue weighted by atomic mass is 16.1. The van der Waals surface area contributed by atoms with Crippen molar-refractivity contribution in [3.05, 3.63) is 87.8 Å². The van der Waals surface area contributed by atoms with E-state index in [0.29, 0.717) is 35.5 Å². The van der Waals surface area contributed by atoms with Crippen LogP contribution in [-0.2, 0) is 4.79 Å². The minimum absolute atomic E-state index is 0.0253. The summed E-state index contributed by atoms with van der Waals surface area (Å²) in [6, 6.07) is 16.4. The Labute approximate surface area is 146 Å². The van der Waals surface area contributed by atoms with Crippen molar-refractivity contribution < 1.29 is 4.79 Å². The first-order valence-electron chi connectivity index (χ1n) is 7.84. The molecule has 0 saturated carbocycles. The van der Waals surface area contributed by atoms with Crippen LogP contribution in [0.4, 0.5) is 5.69 Å². The van der Waals surface area contributed by atoms with Crippen LogP contribution in [0.3, 0.4) is 0 Å². The number of nitrogens with one attached hydrogen (secondary N) is 1. The molecule has 25 heavy (non-hydrogen) atoms. The minimum atomic E-state index is 0.0253. The van der Waals surface area contributed by atoms with Crippen LogP contribution >= 0.6 is 0 Å². The molecule has 4 nitrogen and oxygen atoms in total. The van der Waals surface area contributed by atoms with Crippen molar-refractivity contribution in [2.75, 3.05) is 13.1 Å². The van der Waals surface area contributed by atoms with Gasteiger partial charge in [0, 0.05) is 24.2 Å². The molecule has 3 rings (SSSR count). The Hall–Kier alpha value is -3.47. The summed E-state index contributed by atoms with van der Waals surface area (Å²) < 4.78 is 0. The molecule has 0 aliphatic carbocycles. The Kier molecular flexibility index (Phi) is 4.85. The SMILES string of the molecule is [C-]#[N+]c1ccc(/C=C2\CNC/C(=C\c3ccc(C#N)cc3)C2=O)cc1. The van der Waals surface area contributed by atoms with E-state index in [4.69, 9.17) is 11.8 Å². The predicted octanol–water partition coefficient (Wildman–Crippen LogP) is 3.75. The molecule has 1 fully saturated rings. The molecule has 0 radical (unpaired) electrons. The fraction of sp³-hybridized carbons (Fsp3) is 0.0952. The predicted molar refractivity (Wildman–Crippen MR) is 97.7 cm³/mol. The molecule has 120 valence electrons. The summed E-state index contributed by atoms with van der Waals surface area (Å²) in [4.78, 5) is 16.1. The van der Waals surface area contributed by atoms with Crippen molar-refractivity contribution in [2.24, 2.45) is 0 Å². The van der Waals surface area contributed by atoms with Crippen LogP contribution in [0, 0.1) is 17.9 Å². The van der Waals surface area contributed by atoms with Crippen molar-refractivity contribution in [1.29, 1.82) is 5.26 Å². The van der Waals surface area contributed by atoms with Gasteiger partial charge in [0.1, 0.15) is 0 Å². The number of carbonyl (C=O) groups excluding carboxylic acids is 1. The van der Waals surface area contributed by atoms with Gasteiger partial charge in [-0.05, 0) is 35.4 Å². The Balaban J connectivity index is 1.84. The first-order valence-corrected chi connectivity index (χ1v) is 7.84. The number of ketones is 1. The lowest BCUT2D eigenvalue weighted by molar-refractivity contribution is -0.112. The summed E-state index contributed by atoms with van der Waals surface area (Å²) >= 11 is 0. The van der Waals surface area contributed by atoms with E-state index in [-0.39, 0.29) is 5.78 Å². The van der Waals surface area contributed by atoms with Crippen molar-refractivity contribution in [3.63, 3.8) is 0 Å². The molecule has 2 aromatic rings. The van der Waals surface area contributed by atoms with Gasteiger partial charge >= 0.3 is 0 Å². The highest BCUT2D eigenvalue weighted by Gasteiger charge is 2.20. The normalized spacial score (nSPS) is 17.3. The van der Waals surface area contributed by atoms with Crippen molar-refractivity contribution in [1.82, 2.24) is 5.32 Å². The van der Waals surface area contributed by atoms with Crippen LogP contribution in [0.2, 0.25) is 0 Å². The van der Waals surface area contributed by atoms with Gasteiger partial charge in [-0.1, -0.05) is 36.4 Å². The lowest BCUT2D eigenvalue weighted by atomic mass is 9.95. The topological polar surface area (TPSA) is 57.2 Å². The van der Waals surface area contributed by atoms with Crippen molar-refractivity contribution in [3.8, 4) is 6.07 Å². The number of benzene rings is 2. The number of piperidine rings is 1. The first kappa shape index (κ1) is 16.4. The molecule has 0 bridgehead atoms. The number of nitriles is 1. The molecular formula is C21H15N3O. The zero-order chi connectivity index (χ0) is 17.6. The van der Waals surface area contributed by atoms with Gasteiger partial charge in [0.2, 0.25) is 0 Å². The Bertz CT molecular complexity index is 859. The molecule has 1 saturated heterocycles. The fourth-order valence-corrected chi connectivity index (χ4v) is 2.63. The van der Waals surface area contributed by atoms with Gasteiger partial charge in [-0.15, -0.1) is 0 Å². The van der Waals surface area contributed by atoms with E-state index in [1.807, 2.05) is 36.4 Å². The van der Waals surface area contributed by atoms with E-state index in [2.05, 4.69) is 16.2 Å². The smallest absolute Gasteiger partial charge is 0.187 e. The fourth-order valence-electron chi connectivity index (χ4n) is 2.63. The standard InChI is InChI=1S/C21H15N3O/c1-23-20-8-6-16(7-9-20)11-19-14-24-13-18(21(19)25)10-15-2-4-17(12-22)5-3-15/h2-11,24H,13-14H2/b18-10+,19-11+. The number of Topliss-reactive ketones (excluding diaryl/α,β-unsaturated/α-hetero) is 1. The van der Waals surface area contributed by atoms with Crippen molar-refractivity contribution in [2.45, 2.75) is 0 Å². The number of rotatable bonds is 2. The third-order valence-corrected chi connectivity index (χ3v) is 3.96. The quantitative estimate of drug-likeness (QED) is 0.676. The van der Waals surface area contributed by atoms with E-state index in [1.165, 1.54) is 0 Å². The maximum absolute atomic E-state index is 12.7. The molecule has 2 aromatic carbocycles. The van der Waals surface area contributed by atoms with Crippen LogP contribution in [-0.4, -0.2) is 18.9 Å². The average Bonchev–Trinajstić information content (AvgIpc) is 2.66. The minimum Gasteiger partial charge on any atom is -0.308 e. The van der Waals surface area contributed by atoms with Crippen LogP contribution in [0.5, 0.6) is 0 Å². The highest BCUT2D eigenvalue weighted by molar-refractivity contribution is 6.14. The molecule has 0 aromatic heterocycles. The average molecular weight is 325 g/mol. The van der Waals surface area contributed by atoms with Gasteiger partial charge < -0.3 is 5.32 Å². The van der Waals surface area contributed by atoms with Crippen LogP contribution < -0.4 is 5.32 Å². The van der Waals surface area contributed by atoms with Gasteiger partial charge in [-0.2, -0.15) is 5.26 Å². The second-order valence-electron chi connectivity index (χ2n) is 5.71. The number of hydrogen-bond acceptors (Lipinski definition) is 3. The second kappa shape index (κ2) is 7.40. The molecule has 1 N–H and O–H groups in total. The van der Waals surface area contributed by atoms with Gasteiger partial charge in [0.05, 0.1) is 18.2 Å². The van der Waals surface area contributed by atoms with Gasteiger partial charge in [-0.3, -0.25) is 4.79 Å². The van der Waals surface area contributed by atoms with E-state index in [0.717, 1.165) is 11.1 Å². The monoisotopic (exact) mass is 325 g/mol. The summed E-state index contributed by atoms with van der Waals surface area (Å²) in [7, 11) is 0. The molecular weight excluding hydrogens is 310 g/mol. The molecule has 4 heteroatoms. The summed E-state index contributed by atoms with van der Waals surface area (Å²) in [5.74, 6) is 0.0253. The zero-order valence-corrected chi connectivity index (χ0v) is 13.5. The lowest BCUT2D eigenvalue weighted by Crippen LogP contribution is -2.32. The molecule has 0 atom stereocenters. The van der Waals surface area contributed by atoms with Crippen LogP contribution in [0.25, 0.3) is 17.0 Å². The maximum Gasteiger partial charge on any atom is 0.187 e. The first-order chi connectivity index (χ1) is 12.2. The van der Waals surface area contributed by atoms with Gasteiger partial charge in [0.25, 0.3) is 0 Å². The van der Waals surface area contributed by atoms with E-state index >= 15 is 0 Å². The summed E-state index contributed by atoms with van der Waals surface area (Å²) in [5.41, 5.74) is 4.36. The van der Waals surface area contributed by atoms with E-state index in [9.17, 15) is 4.79 Å².